The first-order chi connectivity index (χ1) is 7.77. The first-order valence-corrected chi connectivity index (χ1v) is 6.79. The van der Waals surface area contributed by atoms with E-state index >= 15 is 0 Å². The van der Waals surface area contributed by atoms with E-state index in [1.165, 1.54) is 12.8 Å². The third-order valence-corrected chi connectivity index (χ3v) is 3.19. The molecule has 1 unspecified atom stereocenters. The molecule has 1 heterocycles. The van der Waals surface area contributed by atoms with Gasteiger partial charge in [0, 0.05) is 25.6 Å². The zero-order valence-corrected chi connectivity index (χ0v) is 10.8. The van der Waals surface area contributed by atoms with Gasteiger partial charge in [0.25, 0.3) is 0 Å². The molecular weight excluding hydrogens is 200 g/mol. The SMILES string of the molecule is CCCCC(=O)N(CCC)CC1CCCN1. The Bertz CT molecular complexity index is 200. The molecule has 0 aromatic rings. The number of carbonyl (C=O) groups is 1. The van der Waals surface area contributed by atoms with Crippen LogP contribution in [0.3, 0.4) is 0 Å². The number of nitrogens with zero attached hydrogens (tertiary/aromatic N) is 1. The summed E-state index contributed by atoms with van der Waals surface area (Å²) < 4.78 is 0. The fourth-order valence-electron chi connectivity index (χ4n) is 2.25. The van der Waals surface area contributed by atoms with E-state index in [0.29, 0.717) is 11.9 Å². The van der Waals surface area contributed by atoms with Crippen molar-refractivity contribution in [3.8, 4) is 0 Å². The van der Waals surface area contributed by atoms with Crippen LogP contribution >= 0.6 is 0 Å². The van der Waals surface area contributed by atoms with Crippen molar-refractivity contribution < 1.29 is 4.79 Å². The molecule has 0 saturated carbocycles. The van der Waals surface area contributed by atoms with Crippen molar-refractivity contribution in [3.63, 3.8) is 0 Å². The first kappa shape index (κ1) is 13.5. The molecule has 0 spiro atoms. The minimum Gasteiger partial charge on any atom is -0.341 e. The smallest absolute Gasteiger partial charge is 0.222 e. The topological polar surface area (TPSA) is 32.3 Å². The van der Waals surface area contributed by atoms with Gasteiger partial charge in [-0.25, -0.2) is 0 Å². The largest absolute Gasteiger partial charge is 0.341 e. The van der Waals surface area contributed by atoms with Crippen LogP contribution in [0, 0.1) is 0 Å². The van der Waals surface area contributed by atoms with Crippen LogP contribution in [0.2, 0.25) is 0 Å². The van der Waals surface area contributed by atoms with E-state index in [1.807, 2.05) is 0 Å². The third-order valence-electron chi connectivity index (χ3n) is 3.19. The summed E-state index contributed by atoms with van der Waals surface area (Å²) in [7, 11) is 0. The lowest BCUT2D eigenvalue weighted by Gasteiger charge is -2.25. The van der Waals surface area contributed by atoms with Gasteiger partial charge in [-0.05, 0) is 32.2 Å². The Kier molecular flexibility index (Phi) is 6.46. The molecular formula is C13H26N2O. The number of hydrogen-bond acceptors (Lipinski definition) is 2. The van der Waals surface area contributed by atoms with Gasteiger partial charge in [0.2, 0.25) is 5.91 Å². The van der Waals surface area contributed by atoms with Gasteiger partial charge < -0.3 is 10.2 Å². The molecule has 0 bridgehead atoms. The number of rotatable bonds is 7. The van der Waals surface area contributed by atoms with Gasteiger partial charge in [0.15, 0.2) is 0 Å². The summed E-state index contributed by atoms with van der Waals surface area (Å²) in [6.07, 6.45) is 6.40. The lowest BCUT2D eigenvalue weighted by molar-refractivity contribution is -0.131. The molecule has 94 valence electrons. The average molecular weight is 226 g/mol. The minimum absolute atomic E-state index is 0.345. The Balaban J connectivity index is 2.35. The monoisotopic (exact) mass is 226 g/mol. The lowest BCUT2D eigenvalue weighted by atomic mass is 10.2. The van der Waals surface area contributed by atoms with Crippen molar-refractivity contribution in [2.24, 2.45) is 0 Å². The number of amides is 1. The molecule has 3 nitrogen and oxygen atoms in total. The van der Waals surface area contributed by atoms with Crippen LogP contribution in [0.25, 0.3) is 0 Å². The molecule has 0 aliphatic carbocycles. The molecule has 0 aromatic heterocycles. The van der Waals surface area contributed by atoms with Crippen LogP contribution in [0.4, 0.5) is 0 Å². The van der Waals surface area contributed by atoms with Crippen LogP contribution in [-0.2, 0) is 4.79 Å². The Morgan fingerprint density at radius 1 is 1.38 bits per heavy atom. The third kappa shape index (κ3) is 4.52. The van der Waals surface area contributed by atoms with E-state index in [1.54, 1.807) is 0 Å². The van der Waals surface area contributed by atoms with Crippen molar-refractivity contribution in [2.75, 3.05) is 19.6 Å². The summed E-state index contributed by atoms with van der Waals surface area (Å²) in [6.45, 7) is 7.23. The summed E-state index contributed by atoms with van der Waals surface area (Å²) in [5.74, 6) is 0.345. The maximum atomic E-state index is 12.0. The van der Waals surface area contributed by atoms with E-state index in [0.717, 1.165) is 45.3 Å². The van der Waals surface area contributed by atoms with Crippen LogP contribution in [0.1, 0.15) is 52.4 Å². The van der Waals surface area contributed by atoms with E-state index < -0.39 is 0 Å². The molecule has 16 heavy (non-hydrogen) atoms. The number of nitrogens with one attached hydrogen (secondary N) is 1. The fourth-order valence-corrected chi connectivity index (χ4v) is 2.25. The normalized spacial score (nSPS) is 20.0. The highest BCUT2D eigenvalue weighted by molar-refractivity contribution is 5.76. The van der Waals surface area contributed by atoms with Crippen molar-refractivity contribution in [1.29, 1.82) is 0 Å². The molecule has 1 aliphatic rings. The van der Waals surface area contributed by atoms with Crippen LogP contribution in [0.5, 0.6) is 0 Å². The second-order valence-corrected chi connectivity index (χ2v) is 4.74. The van der Waals surface area contributed by atoms with Crippen LogP contribution in [0.15, 0.2) is 0 Å². The first-order valence-electron chi connectivity index (χ1n) is 6.79. The minimum atomic E-state index is 0.345. The predicted molar refractivity (Wildman–Crippen MR) is 67.4 cm³/mol. The lowest BCUT2D eigenvalue weighted by Crippen LogP contribution is -2.41. The fraction of sp³-hybridized carbons (Fsp3) is 0.923. The molecule has 3 heteroatoms. The quantitative estimate of drug-likeness (QED) is 0.721. The van der Waals surface area contributed by atoms with E-state index in [9.17, 15) is 4.79 Å². The molecule has 1 N–H and O–H groups in total. The highest BCUT2D eigenvalue weighted by atomic mass is 16.2. The zero-order chi connectivity index (χ0) is 11.8. The molecule has 0 radical (unpaired) electrons. The van der Waals surface area contributed by atoms with Crippen molar-refractivity contribution >= 4 is 5.91 Å². The Morgan fingerprint density at radius 3 is 2.75 bits per heavy atom. The average Bonchev–Trinajstić information content (AvgIpc) is 2.78. The standard InChI is InChI=1S/C13H26N2O/c1-3-5-8-13(16)15(10-4-2)11-12-7-6-9-14-12/h12,14H,3-11H2,1-2H3. The highest BCUT2D eigenvalue weighted by Gasteiger charge is 2.20. The van der Waals surface area contributed by atoms with E-state index in [4.69, 9.17) is 0 Å². The van der Waals surface area contributed by atoms with Gasteiger partial charge in [0.1, 0.15) is 0 Å². The van der Waals surface area contributed by atoms with Crippen LogP contribution < -0.4 is 5.32 Å². The Hall–Kier alpha value is -0.570. The van der Waals surface area contributed by atoms with Crippen LogP contribution in [-0.4, -0.2) is 36.5 Å². The second-order valence-electron chi connectivity index (χ2n) is 4.74. The van der Waals surface area contributed by atoms with Gasteiger partial charge in [-0.1, -0.05) is 20.3 Å². The van der Waals surface area contributed by atoms with Gasteiger partial charge in [-0.2, -0.15) is 0 Å². The van der Waals surface area contributed by atoms with Crippen molar-refractivity contribution in [1.82, 2.24) is 10.2 Å². The van der Waals surface area contributed by atoms with E-state index in [-0.39, 0.29) is 0 Å². The summed E-state index contributed by atoms with van der Waals surface area (Å²) in [6, 6.07) is 0.539. The van der Waals surface area contributed by atoms with Crippen molar-refractivity contribution in [2.45, 2.75) is 58.4 Å². The van der Waals surface area contributed by atoms with E-state index in [2.05, 4.69) is 24.1 Å². The molecule has 1 rings (SSSR count). The summed E-state index contributed by atoms with van der Waals surface area (Å²) in [5, 5.41) is 3.46. The summed E-state index contributed by atoms with van der Waals surface area (Å²) >= 11 is 0. The molecule has 1 aliphatic heterocycles. The number of hydrogen-bond donors (Lipinski definition) is 1. The maximum absolute atomic E-state index is 12.0. The molecule has 1 fully saturated rings. The maximum Gasteiger partial charge on any atom is 0.222 e. The van der Waals surface area contributed by atoms with Gasteiger partial charge in [-0.15, -0.1) is 0 Å². The second kappa shape index (κ2) is 7.66. The molecule has 1 atom stereocenters. The number of carbonyl (C=O) groups excluding carboxylic acids is 1. The summed E-state index contributed by atoms with van der Waals surface area (Å²) in [5.41, 5.74) is 0. The predicted octanol–water partition coefficient (Wildman–Crippen LogP) is 2.17. The van der Waals surface area contributed by atoms with Crippen molar-refractivity contribution in [3.05, 3.63) is 0 Å². The number of unbranched alkanes of at least 4 members (excludes halogenated alkanes) is 1. The summed E-state index contributed by atoms with van der Waals surface area (Å²) in [4.78, 5) is 14.0. The van der Waals surface area contributed by atoms with Gasteiger partial charge >= 0.3 is 0 Å². The molecule has 1 saturated heterocycles. The Morgan fingerprint density at radius 2 is 2.19 bits per heavy atom. The molecule has 1 amide bonds. The molecule has 0 aromatic carbocycles. The van der Waals surface area contributed by atoms with Gasteiger partial charge in [0.05, 0.1) is 0 Å². The zero-order valence-electron chi connectivity index (χ0n) is 10.8. The Labute approximate surface area is 99.6 Å². The highest BCUT2D eigenvalue weighted by Crippen LogP contribution is 2.09. The van der Waals surface area contributed by atoms with Gasteiger partial charge in [-0.3, -0.25) is 4.79 Å².